The van der Waals surface area contributed by atoms with Gasteiger partial charge in [0.25, 0.3) is 0 Å². The Morgan fingerprint density at radius 2 is 2.04 bits per heavy atom. The fourth-order valence-corrected chi connectivity index (χ4v) is 5.01. The molecular weight excluding hydrogens is 380 g/mol. The van der Waals surface area contributed by atoms with Crippen LogP contribution < -0.4 is 0 Å². The number of likely N-dealkylation sites (tertiary alicyclic amines) is 1. The highest BCUT2D eigenvalue weighted by atomic mass is 35.5. The highest BCUT2D eigenvalue weighted by Crippen LogP contribution is 2.33. The van der Waals surface area contributed by atoms with Gasteiger partial charge in [0, 0.05) is 57.9 Å². The van der Waals surface area contributed by atoms with E-state index in [1.807, 2.05) is 11.9 Å². The molecule has 1 aromatic rings. The van der Waals surface area contributed by atoms with Gasteiger partial charge in [0.05, 0.1) is 18.8 Å². The van der Waals surface area contributed by atoms with E-state index < -0.39 is 0 Å². The zero-order chi connectivity index (χ0) is 19.7. The fourth-order valence-electron chi connectivity index (χ4n) is 4.80. The van der Waals surface area contributed by atoms with E-state index in [4.69, 9.17) is 21.1 Å². The molecule has 7 nitrogen and oxygen atoms in total. The van der Waals surface area contributed by atoms with Gasteiger partial charge in [-0.15, -0.1) is 0 Å². The molecule has 0 N–H and O–H groups in total. The number of nitrogens with zero attached hydrogens (tertiary/aromatic N) is 4. The number of carbonyl (C=O) groups is 1. The number of hydrogen-bond donors (Lipinski definition) is 0. The molecule has 3 aliphatic heterocycles. The van der Waals surface area contributed by atoms with Crippen LogP contribution in [0.5, 0.6) is 0 Å². The predicted octanol–water partition coefficient (Wildman–Crippen LogP) is 1.87. The van der Waals surface area contributed by atoms with Gasteiger partial charge in [-0.05, 0) is 25.7 Å². The van der Waals surface area contributed by atoms with Crippen molar-refractivity contribution in [2.75, 3.05) is 46.0 Å². The molecule has 0 saturated carbocycles. The van der Waals surface area contributed by atoms with Crippen LogP contribution in [0.3, 0.4) is 0 Å². The van der Waals surface area contributed by atoms with Crippen molar-refractivity contribution in [1.82, 2.24) is 19.6 Å². The quantitative estimate of drug-likeness (QED) is 0.758. The summed E-state index contributed by atoms with van der Waals surface area (Å²) in [6, 6.07) is 0. The summed E-state index contributed by atoms with van der Waals surface area (Å²) in [6.07, 6.45) is 3.46. The SMILES string of the molecule is CCc1nn(C)c(Cl)c1CN1CCOC2(CCN(C(=O)C3CCOCC3)C2)C1. The summed E-state index contributed by atoms with van der Waals surface area (Å²) < 4.78 is 13.4. The third kappa shape index (κ3) is 3.95. The number of amides is 1. The molecule has 156 valence electrons. The van der Waals surface area contributed by atoms with Crippen molar-refractivity contribution >= 4 is 17.5 Å². The summed E-state index contributed by atoms with van der Waals surface area (Å²) in [7, 11) is 1.89. The summed E-state index contributed by atoms with van der Waals surface area (Å²) >= 11 is 6.49. The lowest BCUT2D eigenvalue weighted by molar-refractivity contribution is -0.141. The van der Waals surface area contributed by atoms with Gasteiger partial charge >= 0.3 is 0 Å². The molecule has 0 aromatic carbocycles. The maximum absolute atomic E-state index is 12.9. The Labute approximate surface area is 171 Å². The van der Waals surface area contributed by atoms with E-state index in [1.165, 1.54) is 0 Å². The van der Waals surface area contributed by atoms with Crippen LogP contribution in [0.2, 0.25) is 5.15 Å². The number of aromatic nitrogens is 2. The third-order valence-corrected chi connectivity index (χ3v) is 6.87. The van der Waals surface area contributed by atoms with Crippen LogP contribution in [-0.2, 0) is 34.3 Å². The average Bonchev–Trinajstić information content (AvgIpc) is 3.24. The standard InChI is InChI=1S/C20H31ClN4O3/c1-3-17-16(18(21)23(2)22-17)12-24-8-11-28-20(13-24)6-7-25(14-20)19(26)15-4-9-27-10-5-15/h15H,3-14H2,1-2H3. The number of halogens is 1. The van der Waals surface area contributed by atoms with Crippen LogP contribution >= 0.6 is 11.6 Å². The fraction of sp³-hybridized carbons (Fsp3) is 0.800. The molecule has 4 rings (SSSR count). The number of rotatable bonds is 4. The lowest BCUT2D eigenvalue weighted by Crippen LogP contribution is -2.53. The molecule has 4 heterocycles. The van der Waals surface area contributed by atoms with E-state index in [0.29, 0.717) is 26.4 Å². The van der Waals surface area contributed by atoms with Crippen LogP contribution in [-0.4, -0.2) is 77.1 Å². The molecule has 28 heavy (non-hydrogen) atoms. The minimum Gasteiger partial charge on any atom is -0.381 e. The van der Waals surface area contributed by atoms with E-state index in [1.54, 1.807) is 4.68 Å². The summed E-state index contributed by atoms with van der Waals surface area (Å²) in [5.41, 5.74) is 1.94. The highest BCUT2D eigenvalue weighted by Gasteiger charge is 2.45. The van der Waals surface area contributed by atoms with E-state index in [0.717, 1.165) is 68.3 Å². The number of ether oxygens (including phenoxy) is 2. The second-order valence-corrected chi connectivity index (χ2v) is 8.69. The monoisotopic (exact) mass is 410 g/mol. The average molecular weight is 411 g/mol. The topological polar surface area (TPSA) is 59.8 Å². The van der Waals surface area contributed by atoms with Crippen molar-refractivity contribution < 1.29 is 14.3 Å². The molecule has 3 aliphatic rings. The molecule has 0 aliphatic carbocycles. The Bertz CT molecular complexity index is 719. The van der Waals surface area contributed by atoms with Crippen LogP contribution in [0.1, 0.15) is 37.4 Å². The van der Waals surface area contributed by atoms with Crippen molar-refractivity contribution in [3.8, 4) is 0 Å². The number of aryl methyl sites for hydroxylation is 2. The van der Waals surface area contributed by atoms with Crippen LogP contribution in [0.25, 0.3) is 0 Å². The van der Waals surface area contributed by atoms with Crippen molar-refractivity contribution in [1.29, 1.82) is 0 Å². The smallest absolute Gasteiger partial charge is 0.225 e. The minimum atomic E-state index is -0.250. The molecular formula is C20H31ClN4O3. The van der Waals surface area contributed by atoms with E-state index in [2.05, 4.69) is 16.9 Å². The molecule has 1 aromatic heterocycles. The van der Waals surface area contributed by atoms with E-state index in [-0.39, 0.29) is 17.4 Å². The number of hydrogen-bond acceptors (Lipinski definition) is 5. The number of morpholine rings is 1. The first-order chi connectivity index (χ1) is 13.5. The maximum Gasteiger partial charge on any atom is 0.225 e. The molecule has 8 heteroatoms. The molecule has 1 amide bonds. The van der Waals surface area contributed by atoms with E-state index in [9.17, 15) is 4.79 Å². The second kappa shape index (κ2) is 8.30. The van der Waals surface area contributed by atoms with Gasteiger partial charge in [0.15, 0.2) is 0 Å². The van der Waals surface area contributed by atoms with Gasteiger partial charge in [-0.25, -0.2) is 0 Å². The summed E-state index contributed by atoms with van der Waals surface area (Å²) in [4.78, 5) is 17.3. The van der Waals surface area contributed by atoms with E-state index >= 15 is 0 Å². The largest absolute Gasteiger partial charge is 0.381 e. The predicted molar refractivity (Wildman–Crippen MR) is 106 cm³/mol. The molecule has 3 saturated heterocycles. The molecule has 1 unspecified atom stereocenters. The van der Waals surface area contributed by atoms with Crippen molar-refractivity contribution in [3.63, 3.8) is 0 Å². The Morgan fingerprint density at radius 3 is 2.79 bits per heavy atom. The normalized spacial score (nSPS) is 27.0. The molecule has 0 bridgehead atoms. The Kier molecular flexibility index (Phi) is 5.97. The summed E-state index contributed by atoms with van der Waals surface area (Å²) in [5, 5.41) is 5.26. The first-order valence-corrected chi connectivity index (χ1v) is 10.8. The van der Waals surface area contributed by atoms with Crippen LogP contribution in [0.4, 0.5) is 0 Å². The second-order valence-electron chi connectivity index (χ2n) is 8.33. The van der Waals surface area contributed by atoms with Gasteiger partial charge in [0.1, 0.15) is 10.8 Å². The summed E-state index contributed by atoms with van der Waals surface area (Å²) in [6.45, 7) is 8.19. The Balaban J connectivity index is 1.40. The van der Waals surface area contributed by atoms with Gasteiger partial charge in [-0.2, -0.15) is 5.10 Å². The van der Waals surface area contributed by atoms with Gasteiger partial charge in [-0.1, -0.05) is 18.5 Å². The third-order valence-electron chi connectivity index (χ3n) is 6.39. The zero-order valence-corrected chi connectivity index (χ0v) is 17.7. The first kappa shape index (κ1) is 20.1. The van der Waals surface area contributed by atoms with Crippen molar-refractivity contribution in [2.24, 2.45) is 13.0 Å². The van der Waals surface area contributed by atoms with Gasteiger partial charge < -0.3 is 14.4 Å². The lowest BCUT2D eigenvalue weighted by Gasteiger charge is -2.40. The number of carbonyl (C=O) groups excluding carboxylic acids is 1. The van der Waals surface area contributed by atoms with Gasteiger partial charge in [-0.3, -0.25) is 14.4 Å². The maximum atomic E-state index is 12.9. The zero-order valence-electron chi connectivity index (χ0n) is 17.0. The van der Waals surface area contributed by atoms with Gasteiger partial charge in [0.2, 0.25) is 5.91 Å². The van der Waals surface area contributed by atoms with Crippen LogP contribution in [0.15, 0.2) is 0 Å². The summed E-state index contributed by atoms with van der Waals surface area (Å²) in [5.74, 6) is 0.398. The van der Waals surface area contributed by atoms with Crippen molar-refractivity contribution in [2.45, 2.75) is 44.8 Å². The lowest BCUT2D eigenvalue weighted by atomic mass is 9.98. The first-order valence-electron chi connectivity index (χ1n) is 10.4. The molecule has 1 spiro atoms. The van der Waals surface area contributed by atoms with Crippen LogP contribution in [0, 0.1) is 5.92 Å². The molecule has 0 radical (unpaired) electrons. The Hall–Kier alpha value is -1.15. The molecule has 3 fully saturated rings. The molecule has 1 atom stereocenters. The Morgan fingerprint density at radius 1 is 1.25 bits per heavy atom. The minimum absolute atomic E-state index is 0.116. The highest BCUT2D eigenvalue weighted by molar-refractivity contribution is 6.30. The van der Waals surface area contributed by atoms with Crippen molar-refractivity contribution in [3.05, 3.63) is 16.4 Å².